The number of hydrogen-bond acceptors (Lipinski definition) is 3. The summed E-state index contributed by atoms with van der Waals surface area (Å²) in [6.07, 6.45) is 5.53. The molecule has 0 aliphatic heterocycles. The number of anilines is 1. The number of nitrogens with two attached hydrogens (primary N) is 1. The Morgan fingerprint density at radius 2 is 2.33 bits per heavy atom. The Morgan fingerprint density at radius 1 is 1.53 bits per heavy atom. The number of nitrogens with zero attached hydrogens (tertiary/aromatic N) is 2. The van der Waals surface area contributed by atoms with E-state index in [9.17, 15) is 0 Å². The summed E-state index contributed by atoms with van der Waals surface area (Å²) < 4.78 is 0. The first kappa shape index (κ1) is 10.4. The van der Waals surface area contributed by atoms with Gasteiger partial charge in [0.1, 0.15) is 5.82 Å². The van der Waals surface area contributed by atoms with Gasteiger partial charge in [-0.3, -0.25) is 0 Å². The zero-order chi connectivity index (χ0) is 10.7. The van der Waals surface area contributed by atoms with Crippen molar-refractivity contribution >= 4 is 5.82 Å². The van der Waals surface area contributed by atoms with E-state index in [1.165, 1.54) is 18.4 Å². The summed E-state index contributed by atoms with van der Waals surface area (Å²) in [4.78, 5) is 6.71. The maximum Gasteiger partial charge on any atom is 0.131 e. The molecule has 1 aliphatic rings. The molecule has 82 valence electrons. The van der Waals surface area contributed by atoms with Crippen LogP contribution in [0.25, 0.3) is 0 Å². The summed E-state index contributed by atoms with van der Waals surface area (Å²) in [5.74, 6) is 2.00. The van der Waals surface area contributed by atoms with Gasteiger partial charge in [-0.1, -0.05) is 6.07 Å². The highest BCUT2D eigenvalue weighted by molar-refractivity contribution is 5.46. The molecule has 0 bridgehead atoms. The van der Waals surface area contributed by atoms with Gasteiger partial charge < -0.3 is 10.6 Å². The molecule has 1 aromatic rings. The molecule has 2 rings (SSSR count). The predicted octanol–water partition coefficient (Wildman–Crippen LogP) is 1.43. The molecular weight excluding hydrogens is 186 g/mol. The number of aromatic nitrogens is 1. The van der Waals surface area contributed by atoms with Gasteiger partial charge in [-0.25, -0.2) is 4.98 Å². The summed E-state index contributed by atoms with van der Waals surface area (Å²) in [7, 11) is 2.13. The minimum Gasteiger partial charge on any atom is -0.359 e. The highest BCUT2D eigenvalue weighted by Crippen LogP contribution is 2.31. The van der Waals surface area contributed by atoms with Crippen molar-refractivity contribution in [2.45, 2.75) is 19.3 Å². The molecule has 0 radical (unpaired) electrons. The summed E-state index contributed by atoms with van der Waals surface area (Å²) in [5, 5.41) is 0. The van der Waals surface area contributed by atoms with Crippen LogP contribution in [0.3, 0.4) is 0 Å². The van der Waals surface area contributed by atoms with Crippen molar-refractivity contribution in [3.8, 4) is 0 Å². The fraction of sp³-hybridized carbons (Fsp3) is 0.583. The Morgan fingerprint density at radius 3 is 3.00 bits per heavy atom. The monoisotopic (exact) mass is 205 g/mol. The van der Waals surface area contributed by atoms with Crippen molar-refractivity contribution in [2.75, 3.05) is 25.0 Å². The lowest BCUT2D eigenvalue weighted by Crippen LogP contribution is -2.23. The average molecular weight is 205 g/mol. The molecular formula is C12H19N3. The van der Waals surface area contributed by atoms with Crippen LogP contribution in [0.4, 0.5) is 5.82 Å². The molecule has 1 aliphatic carbocycles. The zero-order valence-corrected chi connectivity index (χ0v) is 9.32. The average Bonchev–Trinajstić information content (AvgIpc) is 3.03. The van der Waals surface area contributed by atoms with E-state index in [0.717, 1.165) is 24.7 Å². The van der Waals surface area contributed by atoms with Gasteiger partial charge in [0, 0.05) is 19.8 Å². The topological polar surface area (TPSA) is 42.2 Å². The Kier molecular flexibility index (Phi) is 3.21. The molecule has 1 saturated carbocycles. The number of pyridine rings is 1. The zero-order valence-electron chi connectivity index (χ0n) is 9.32. The first-order valence-corrected chi connectivity index (χ1v) is 5.66. The molecule has 15 heavy (non-hydrogen) atoms. The quantitative estimate of drug-likeness (QED) is 0.790. The van der Waals surface area contributed by atoms with Crippen LogP contribution in [0.1, 0.15) is 18.4 Å². The Labute approximate surface area is 91.3 Å². The van der Waals surface area contributed by atoms with Crippen LogP contribution in [0.15, 0.2) is 18.3 Å². The van der Waals surface area contributed by atoms with E-state index in [-0.39, 0.29) is 0 Å². The Hall–Kier alpha value is -1.09. The first-order valence-electron chi connectivity index (χ1n) is 5.66. The smallest absolute Gasteiger partial charge is 0.131 e. The van der Waals surface area contributed by atoms with Crippen LogP contribution in [0.5, 0.6) is 0 Å². The summed E-state index contributed by atoms with van der Waals surface area (Å²) in [5.41, 5.74) is 6.86. The van der Waals surface area contributed by atoms with E-state index in [0.29, 0.717) is 6.54 Å². The van der Waals surface area contributed by atoms with Crippen molar-refractivity contribution in [3.05, 3.63) is 23.9 Å². The molecule has 1 aromatic heterocycles. The summed E-state index contributed by atoms with van der Waals surface area (Å²) in [6.45, 7) is 1.82. The molecule has 0 saturated heterocycles. The normalized spacial score (nSPS) is 15.3. The van der Waals surface area contributed by atoms with Gasteiger partial charge in [-0.15, -0.1) is 0 Å². The van der Waals surface area contributed by atoms with Crippen LogP contribution < -0.4 is 10.6 Å². The summed E-state index contributed by atoms with van der Waals surface area (Å²) in [6, 6.07) is 4.11. The molecule has 1 heterocycles. The molecule has 0 amide bonds. The molecule has 3 heteroatoms. The third-order valence-electron chi connectivity index (χ3n) is 2.87. The van der Waals surface area contributed by atoms with Crippen molar-refractivity contribution in [1.82, 2.24) is 4.98 Å². The maximum absolute atomic E-state index is 5.60. The SMILES string of the molecule is CN(CC1CC1)c1ncccc1CCN. The van der Waals surface area contributed by atoms with E-state index in [4.69, 9.17) is 5.73 Å². The molecule has 0 aromatic carbocycles. The third kappa shape index (κ3) is 2.69. The van der Waals surface area contributed by atoms with E-state index in [1.54, 1.807) is 0 Å². The molecule has 0 spiro atoms. The molecule has 3 nitrogen and oxygen atoms in total. The highest BCUT2D eigenvalue weighted by Gasteiger charge is 2.23. The third-order valence-corrected chi connectivity index (χ3v) is 2.87. The lowest BCUT2D eigenvalue weighted by Gasteiger charge is -2.20. The van der Waals surface area contributed by atoms with Gasteiger partial charge in [0.2, 0.25) is 0 Å². The first-order chi connectivity index (χ1) is 7.31. The van der Waals surface area contributed by atoms with E-state index >= 15 is 0 Å². The lowest BCUT2D eigenvalue weighted by atomic mass is 10.2. The number of hydrogen-bond donors (Lipinski definition) is 1. The van der Waals surface area contributed by atoms with Gasteiger partial charge in [0.05, 0.1) is 0 Å². The summed E-state index contributed by atoms with van der Waals surface area (Å²) >= 11 is 0. The molecule has 1 fully saturated rings. The van der Waals surface area contributed by atoms with Gasteiger partial charge in [0.15, 0.2) is 0 Å². The second kappa shape index (κ2) is 4.62. The minimum absolute atomic E-state index is 0.690. The van der Waals surface area contributed by atoms with Crippen LogP contribution >= 0.6 is 0 Å². The minimum atomic E-state index is 0.690. The standard InChI is InChI=1S/C12H19N3/c1-15(9-10-4-5-10)12-11(6-7-13)3-2-8-14-12/h2-3,8,10H,4-7,9,13H2,1H3. The van der Waals surface area contributed by atoms with Crippen molar-refractivity contribution in [3.63, 3.8) is 0 Å². The van der Waals surface area contributed by atoms with E-state index in [1.807, 2.05) is 12.3 Å². The van der Waals surface area contributed by atoms with Crippen LogP contribution in [-0.2, 0) is 6.42 Å². The van der Waals surface area contributed by atoms with Crippen molar-refractivity contribution in [1.29, 1.82) is 0 Å². The van der Waals surface area contributed by atoms with Gasteiger partial charge in [0.25, 0.3) is 0 Å². The van der Waals surface area contributed by atoms with Crippen molar-refractivity contribution in [2.24, 2.45) is 11.7 Å². The van der Waals surface area contributed by atoms with Crippen LogP contribution in [0, 0.1) is 5.92 Å². The lowest BCUT2D eigenvalue weighted by molar-refractivity contribution is 0.769. The van der Waals surface area contributed by atoms with Crippen LogP contribution in [0.2, 0.25) is 0 Å². The molecule has 2 N–H and O–H groups in total. The van der Waals surface area contributed by atoms with Gasteiger partial charge in [-0.2, -0.15) is 0 Å². The second-order valence-electron chi connectivity index (χ2n) is 4.35. The molecule has 0 atom stereocenters. The number of rotatable bonds is 5. The Balaban J connectivity index is 2.09. The van der Waals surface area contributed by atoms with E-state index < -0.39 is 0 Å². The van der Waals surface area contributed by atoms with Crippen LogP contribution in [-0.4, -0.2) is 25.1 Å². The fourth-order valence-corrected chi connectivity index (χ4v) is 1.90. The van der Waals surface area contributed by atoms with Gasteiger partial charge in [-0.05, 0) is 43.4 Å². The maximum atomic E-state index is 5.60. The fourth-order valence-electron chi connectivity index (χ4n) is 1.90. The highest BCUT2D eigenvalue weighted by atomic mass is 15.2. The van der Waals surface area contributed by atoms with E-state index in [2.05, 4.69) is 23.0 Å². The molecule has 0 unspecified atom stereocenters. The largest absolute Gasteiger partial charge is 0.359 e. The van der Waals surface area contributed by atoms with Crippen molar-refractivity contribution < 1.29 is 0 Å². The predicted molar refractivity (Wildman–Crippen MR) is 63.0 cm³/mol. The second-order valence-corrected chi connectivity index (χ2v) is 4.35. The Bertz CT molecular complexity index is 320. The van der Waals surface area contributed by atoms with Gasteiger partial charge >= 0.3 is 0 Å².